The van der Waals surface area contributed by atoms with Gasteiger partial charge in [0.25, 0.3) is 11.8 Å². The highest BCUT2D eigenvalue weighted by molar-refractivity contribution is 7.84. The number of aromatic nitrogens is 1. The van der Waals surface area contributed by atoms with Crippen LogP contribution in [0.2, 0.25) is 0 Å². The summed E-state index contributed by atoms with van der Waals surface area (Å²) < 4.78 is 31.7. The highest BCUT2D eigenvalue weighted by atomic mass is 32.2. The lowest BCUT2D eigenvalue weighted by molar-refractivity contribution is -0.144. The van der Waals surface area contributed by atoms with Gasteiger partial charge in [0.05, 0.1) is 6.04 Å². The summed E-state index contributed by atoms with van der Waals surface area (Å²) in [6.45, 7) is 1.61. The Morgan fingerprint density at radius 2 is 2.29 bits per heavy atom. The summed E-state index contributed by atoms with van der Waals surface area (Å²) in [4.78, 5) is 32.7. The summed E-state index contributed by atoms with van der Waals surface area (Å²) >= 11 is 1.09. The molecule has 2 amide bonds. The zero-order valence-electron chi connectivity index (χ0n) is 12.7. The number of anilines is 1. The van der Waals surface area contributed by atoms with Crippen molar-refractivity contribution in [3.63, 3.8) is 0 Å². The Morgan fingerprint density at radius 3 is 2.75 bits per heavy atom. The van der Waals surface area contributed by atoms with Crippen LogP contribution in [0.4, 0.5) is 5.13 Å². The van der Waals surface area contributed by atoms with Crippen molar-refractivity contribution < 1.29 is 27.4 Å². The third kappa shape index (κ3) is 3.32. The van der Waals surface area contributed by atoms with Gasteiger partial charge in [-0.2, -0.15) is 8.42 Å². The fourth-order valence-corrected chi connectivity index (χ4v) is 3.77. The Kier molecular flexibility index (Phi) is 5.05. The van der Waals surface area contributed by atoms with Gasteiger partial charge in [-0.25, -0.2) is 9.29 Å². The van der Waals surface area contributed by atoms with Gasteiger partial charge < -0.3 is 15.9 Å². The normalized spacial score (nSPS) is 21.4. The van der Waals surface area contributed by atoms with Crippen LogP contribution in [-0.2, 0) is 24.7 Å². The van der Waals surface area contributed by atoms with Gasteiger partial charge in [0.2, 0.25) is 0 Å². The second-order valence-corrected chi connectivity index (χ2v) is 6.91. The van der Waals surface area contributed by atoms with Crippen LogP contribution >= 0.6 is 11.3 Å². The van der Waals surface area contributed by atoms with Crippen molar-refractivity contribution in [1.82, 2.24) is 14.6 Å². The van der Waals surface area contributed by atoms with Gasteiger partial charge in [-0.1, -0.05) is 12.1 Å². The number of amides is 2. The topological polar surface area (TPSA) is 164 Å². The molecule has 0 aliphatic carbocycles. The van der Waals surface area contributed by atoms with E-state index in [4.69, 9.17) is 10.3 Å². The van der Waals surface area contributed by atoms with Gasteiger partial charge in [-0.3, -0.25) is 14.1 Å². The van der Waals surface area contributed by atoms with E-state index in [0.29, 0.717) is 4.31 Å². The molecule has 1 aliphatic heterocycles. The molecule has 0 spiro atoms. The average molecular weight is 377 g/mol. The Balaban J connectivity index is 2.19. The van der Waals surface area contributed by atoms with Gasteiger partial charge in [-0.05, 0) is 6.42 Å². The summed E-state index contributed by atoms with van der Waals surface area (Å²) in [5.74, 6) is -1.72. The third-order valence-electron chi connectivity index (χ3n) is 3.28. The number of carbonyl (C=O) groups excluding carboxylic acids is 2. The fraction of sp³-hybridized carbons (Fsp3) is 0.455. The molecule has 11 nitrogen and oxygen atoms in total. The molecule has 1 fully saturated rings. The van der Waals surface area contributed by atoms with Crippen LogP contribution in [-0.4, -0.2) is 59.0 Å². The van der Waals surface area contributed by atoms with Crippen LogP contribution in [0.5, 0.6) is 0 Å². The Morgan fingerprint density at radius 1 is 1.62 bits per heavy atom. The molecule has 2 rings (SSSR count). The zero-order chi connectivity index (χ0) is 18.1. The molecule has 1 saturated heterocycles. The van der Waals surface area contributed by atoms with E-state index in [1.54, 1.807) is 6.92 Å². The number of carbonyl (C=O) groups is 2. The van der Waals surface area contributed by atoms with Gasteiger partial charge >= 0.3 is 10.3 Å². The number of nitrogens with zero attached hydrogens (tertiary/aromatic N) is 3. The Hall–Kier alpha value is -2.25. The number of oxime groups is 1. The van der Waals surface area contributed by atoms with Crippen LogP contribution in [0.1, 0.15) is 19.0 Å². The number of nitrogens with two attached hydrogens (primary N) is 1. The number of nitrogen functional groups attached to an aromatic ring is 1. The monoisotopic (exact) mass is 377 g/mol. The molecular weight excluding hydrogens is 362 g/mol. The van der Waals surface area contributed by atoms with Crippen LogP contribution < -0.4 is 11.1 Å². The summed E-state index contributed by atoms with van der Waals surface area (Å²) in [7, 11) is -3.45. The van der Waals surface area contributed by atoms with E-state index >= 15 is 0 Å². The first-order valence-corrected chi connectivity index (χ1v) is 8.92. The summed E-state index contributed by atoms with van der Waals surface area (Å²) in [6.07, 6.45) is 0.205. The van der Waals surface area contributed by atoms with Crippen molar-refractivity contribution in [2.24, 2.45) is 5.16 Å². The molecule has 24 heavy (non-hydrogen) atoms. The number of hydrogen-bond donors (Lipinski definition) is 3. The minimum atomic E-state index is -4.67. The molecule has 1 aliphatic rings. The smallest absolute Gasteiger partial charge is 0.362 e. The van der Waals surface area contributed by atoms with E-state index in [0.717, 1.165) is 11.3 Å². The summed E-state index contributed by atoms with van der Waals surface area (Å²) in [5, 5.41) is 7.63. The first-order chi connectivity index (χ1) is 11.2. The minimum Gasteiger partial charge on any atom is -0.398 e. The molecule has 0 radical (unpaired) electrons. The van der Waals surface area contributed by atoms with Gasteiger partial charge in [0, 0.05) is 5.38 Å². The second-order valence-electron chi connectivity index (χ2n) is 4.73. The fourth-order valence-electron chi connectivity index (χ4n) is 2.26. The van der Waals surface area contributed by atoms with Gasteiger partial charge in [-0.15, -0.1) is 11.3 Å². The molecule has 1 aromatic rings. The van der Waals surface area contributed by atoms with Crippen molar-refractivity contribution in [2.45, 2.75) is 25.4 Å². The highest BCUT2D eigenvalue weighted by Crippen LogP contribution is 2.26. The zero-order valence-corrected chi connectivity index (χ0v) is 14.3. The SMILES string of the molecule is CC[C@@H]1[C@H](NC(=O)C(=NOC)c2csc(N)n2)C(=O)N1S(=O)(=O)O. The van der Waals surface area contributed by atoms with Crippen LogP contribution in [0.15, 0.2) is 10.5 Å². The van der Waals surface area contributed by atoms with E-state index < -0.39 is 34.2 Å². The first kappa shape index (κ1) is 18.1. The molecule has 2 heterocycles. The number of nitrogens with one attached hydrogen (secondary N) is 1. The van der Waals surface area contributed by atoms with E-state index in [-0.39, 0.29) is 23.0 Å². The Bertz CT molecular complexity index is 789. The van der Waals surface area contributed by atoms with E-state index in [1.165, 1.54) is 12.5 Å². The van der Waals surface area contributed by atoms with E-state index in [2.05, 4.69) is 20.3 Å². The van der Waals surface area contributed by atoms with Crippen LogP contribution in [0.25, 0.3) is 0 Å². The second kappa shape index (κ2) is 6.70. The molecule has 132 valence electrons. The number of rotatable bonds is 6. The lowest BCUT2D eigenvalue weighted by Gasteiger charge is -2.43. The quantitative estimate of drug-likeness (QED) is 0.245. The molecule has 1 aromatic heterocycles. The molecule has 0 bridgehead atoms. The molecule has 13 heteroatoms. The maximum atomic E-state index is 12.3. The van der Waals surface area contributed by atoms with E-state index in [1.807, 2.05) is 0 Å². The van der Waals surface area contributed by atoms with Crippen molar-refractivity contribution in [1.29, 1.82) is 0 Å². The van der Waals surface area contributed by atoms with Gasteiger partial charge in [0.15, 0.2) is 10.8 Å². The molecule has 0 unspecified atom stereocenters. The van der Waals surface area contributed by atoms with Crippen LogP contribution in [0, 0.1) is 0 Å². The molecule has 0 aromatic carbocycles. The lowest BCUT2D eigenvalue weighted by Crippen LogP contribution is -2.72. The minimum absolute atomic E-state index is 0.156. The van der Waals surface area contributed by atoms with Gasteiger partial charge in [0.1, 0.15) is 18.8 Å². The van der Waals surface area contributed by atoms with Crippen molar-refractivity contribution in [3.8, 4) is 0 Å². The molecular formula is C11H15N5O6S2. The van der Waals surface area contributed by atoms with Crippen molar-refractivity contribution in [2.75, 3.05) is 12.8 Å². The predicted octanol–water partition coefficient (Wildman–Crippen LogP) is -1.02. The van der Waals surface area contributed by atoms with Crippen molar-refractivity contribution in [3.05, 3.63) is 11.1 Å². The molecule has 0 saturated carbocycles. The Labute approximate surface area is 141 Å². The molecule has 2 atom stereocenters. The number of β-lactam (4-membered cyclic amide) rings is 1. The van der Waals surface area contributed by atoms with Crippen molar-refractivity contribution >= 4 is 44.3 Å². The predicted molar refractivity (Wildman–Crippen MR) is 84.5 cm³/mol. The number of hydrogen-bond acceptors (Lipinski definition) is 9. The van der Waals surface area contributed by atoms with E-state index in [9.17, 15) is 18.0 Å². The summed E-state index contributed by atoms with van der Waals surface area (Å²) in [5.41, 5.74) is 5.45. The lowest BCUT2D eigenvalue weighted by atomic mass is 9.96. The average Bonchev–Trinajstić information content (AvgIpc) is 2.91. The molecule has 4 N–H and O–H groups in total. The third-order valence-corrected chi connectivity index (χ3v) is 4.91. The standard InChI is InChI=1S/C11H15N5O6S2/c1-3-6-8(10(18)16(6)24(19,20)21)14-9(17)7(15-22-2)5-4-23-11(12)13-5/h4,6,8H,3H2,1-2H3,(H2,12,13)(H,14,17)(H,19,20,21)/t6-,8+/m1/s1. The maximum Gasteiger partial charge on any atom is 0.362 e. The first-order valence-electron chi connectivity index (χ1n) is 6.64. The summed E-state index contributed by atoms with van der Waals surface area (Å²) in [6, 6.07) is -2.00. The maximum absolute atomic E-state index is 12.3. The number of thiazole rings is 1. The van der Waals surface area contributed by atoms with Crippen LogP contribution in [0.3, 0.4) is 0 Å². The highest BCUT2D eigenvalue weighted by Gasteiger charge is 2.53. The largest absolute Gasteiger partial charge is 0.398 e.